The van der Waals surface area contributed by atoms with Gasteiger partial charge in [0, 0.05) is 24.9 Å². The van der Waals surface area contributed by atoms with Gasteiger partial charge in [0.1, 0.15) is 18.0 Å². The number of hydrogen-bond donors (Lipinski definition) is 4. The Morgan fingerprint density at radius 2 is 1.70 bits per heavy atom. The van der Waals surface area contributed by atoms with E-state index in [9.17, 15) is 18.0 Å². The molecule has 0 fully saturated rings. The van der Waals surface area contributed by atoms with E-state index < -0.39 is 17.8 Å². The highest BCUT2D eigenvalue weighted by Gasteiger charge is 2.32. The Balaban J connectivity index is 1.53. The van der Waals surface area contributed by atoms with E-state index in [2.05, 4.69) is 41.3 Å². The molecule has 1 aromatic carbocycles. The quantitative estimate of drug-likeness (QED) is 0.272. The van der Waals surface area contributed by atoms with Crippen LogP contribution >= 0.6 is 0 Å². The van der Waals surface area contributed by atoms with Gasteiger partial charge in [0.15, 0.2) is 5.82 Å². The number of carbonyl (C=O) groups excluding carboxylic acids is 1. The number of nitrogens with zero attached hydrogens (tertiary/aromatic N) is 5. The van der Waals surface area contributed by atoms with E-state index in [4.69, 9.17) is 0 Å². The Morgan fingerprint density at radius 1 is 0.946 bits per heavy atom. The minimum absolute atomic E-state index is 0.0130. The van der Waals surface area contributed by atoms with Crippen LogP contribution in [0.25, 0.3) is 5.82 Å². The Bertz CT molecular complexity index is 1450. The number of urea groups is 1. The largest absolute Gasteiger partial charge is 0.416 e. The van der Waals surface area contributed by atoms with Crippen LogP contribution in [0.3, 0.4) is 0 Å². The van der Waals surface area contributed by atoms with Crippen LogP contribution in [0.1, 0.15) is 22.5 Å². The van der Waals surface area contributed by atoms with Gasteiger partial charge in [-0.15, -0.1) is 0 Å². The van der Waals surface area contributed by atoms with E-state index in [0.717, 1.165) is 11.8 Å². The molecule has 37 heavy (non-hydrogen) atoms. The monoisotopic (exact) mass is 511 g/mol. The summed E-state index contributed by atoms with van der Waals surface area (Å²) in [5.41, 5.74) is 1.55. The molecule has 3 heterocycles. The molecule has 192 valence electrons. The zero-order valence-corrected chi connectivity index (χ0v) is 20.4. The van der Waals surface area contributed by atoms with E-state index in [1.165, 1.54) is 31.6 Å². The van der Waals surface area contributed by atoms with Crippen LogP contribution in [0.4, 0.5) is 46.7 Å². The fraction of sp³-hybridized carbons (Fsp3) is 0.208. The molecule has 0 bridgehead atoms. The number of benzene rings is 1. The van der Waals surface area contributed by atoms with Crippen molar-refractivity contribution in [3.05, 3.63) is 71.4 Å². The maximum Gasteiger partial charge on any atom is 0.416 e. The molecule has 0 saturated heterocycles. The lowest BCUT2D eigenvalue weighted by Crippen LogP contribution is -2.20. The standard InChI is InChI=1S/C24H24F3N9O/c1-13-5-6-16(8-18(13)24(25,26)27)32-23(37)33-17-9-19(15(3)29-11-17)34-22-7-14(2)35-36(22)21-10-20(28-4)30-12-31-21/h5-12,34H,1-4H3,(H,28,30,31)(H2,32,33,37). The molecule has 0 aliphatic carbocycles. The number of pyridine rings is 1. The molecular weight excluding hydrogens is 487 g/mol. The van der Waals surface area contributed by atoms with Gasteiger partial charge >= 0.3 is 12.2 Å². The van der Waals surface area contributed by atoms with Crippen LogP contribution in [0, 0.1) is 20.8 Å². The summed E-state index contributed by atoms with van der Waals surface area (Å²) < 4.78 is 41.2. The number of hydrogen-bond acceptors (Lipinski definition) is 7. The summed E-state index contributed by atoms with van der Waals surface area (Å²) in [4.78, 5) is 25.2. The fourth-order valence-corrected chi connectivity index (χ4v) is 3.53. The molecule has 0 radical (unpaired) electrons. The lowest BCUT2D eigenvalue weighted by atomic mass is 10.1. The van der Waals surface area contributed by atoms with Crippen molar-refractivity contribution in [1.82, 2.24) is 24.7 Å². The second-order valence-corrected chi connectivity index (χ2v) is 8.18. The van der Waals surface area contributed by atoms with E-state index in [0.29, 0.717) is 34.5 Å². The molecule has 13 heteroatoms. The summed E-state index contributed by atoms with van der Waals surface area (Å²) in [6, 6.07) is 8.10. The third kappa shape index (κ3) is 5.94. The maximum atomic E-state index is 13.2. The molecule has 0 aliphatic rings. The number of carbonyl (C=O) groups is 1. The Hall–Kier alpha value is -4.68. The average Bonchev–Trinajstić information content (AvgIpc) is 3.21. The maximum absolute atomic E-state index is 13.2. The topological polar surface area (TPSA) is 122 Å². The summed E-state index contributed by atoms with van der Waals surface area (Å²) >= 11 is 0. The van der Waals surface area contributed by atoms with Crippen molar-refractivity contribution in [1.29, 1.82) is 0 Å². The summed E-state index contributed by atoms with van der Waals surface area (Å²) in [5.74, 6) is 1.75. The number of halogens is 3. The van der Waals surface area contributed by atoms with Crippen LogP contribution in [0.15, 0.2) is 48.9 Å². The Labute approximate surface area is 210 Å². The SMILES string of the molecule is CNc1cc(-n2nc(C)cc2Nc2cc(NC(=O)Nc3ccc(C)c(C(F)(F)F)c3)cnc2C)ncn1. The number of aryl methyl sites for hydroxylation is 3. The lowest BCUT2D eigenvalue weighted by molar-refractivity contribution is -0.138. The van der Waals surface area contributed by atoms with Gasteiger partial charge in [-0.3, -0.25) is 4.98 Å². The smallest absolute Gasteiger partial charge is 0.373 e. The highest BCUT2D eigenvalue weighted by Crippen LogP contribution is 2.33. The Morgan fingerprint density at radius 3 is 2.43 bits per heavy atom. The molecule has 10 nitrogen and oxygen atoms in total. The van der Waals surface area contributed by atoms with E-state index in [-0.39, 0.29) is 11.3 Å². The first-order valence-electron chi connectivity index (χ1n) is 11.1. The number of anilines is 5. The minimum atomic E-state index is -4.52. The summed E-state index contributed by atoms with van der Waals surface area (Å²) in [6.45, 7) is 4.98. The first-order valence-corrected chi connectivity index (χ1v) is 11.1. The van der Waals surface area contributed by atoms with E-state index in [1.54, 1.807) is 30.8 Å². The summed E-state index contributed by atoms with van der Waals surface area (Å²) in [5, 5.41) is 15.7. The molecule has 0 saturated carbocycles. The Kier molecular flexibility index (Phi) is 6.96. The van der Waals surface area contributed by atoms with Crippen molar-refractivity contribution in [2.75, 3.05) is 28.3 Å². The molecule has 4 rings (SSSR count). The van der Waals surface area contributed by atoms with Crippen molar-refractivity contribution in [3.63, 3.8) is 0 Å². The molecule has 2 amide bonds. The van der Waals surface area contributed by atoms with Crippen LogP contribution in [0.2, 0.25) is 0 Å². The molecule has 0 spiro atoms. The summed E-state index contributed by atoms with van der Waals surface area (Å²) in [7, 11) is 1.75. The lowest BCUT2D eigenvalue weighted by Gasteiger charge is -2.14. The van der Waals surface area contributed by atoms with Gasteiger partial charge in [0.2, 0.25) is 0 Å². The number of rotatable bonds is 6. The van der Waals surface area contributed by atoms with Gasteiger partial charge in [0.05, 0.1) is 34.5 Å². The minimum Gasteiger partial charge on any atom is -0.373 e. The third-order valence-corrected chi connectivity index (χ3v) is 5.37. The van der Waals surface area contributed by atoms with Crippen molar-refractivity contribution in [2.24, 2.45) is 0 Å². The van der Waals surface area contributed by atoms with Crippen molar-refractivity contribution < 1.29 is 18.0 Å². The molecule has 0 aliphatic heterocycles. The van der Waals surface area contributed by atoms with Crippen LogP contribution in [0.5, 0.6) is 0 Å². The highest BCUT2D eigenvalue weighted by molar-refractivity contribution is 6.00. The summed E-state index contributed by atoms with van der Waals surface area (Å²) in [6.07, 6.45) is -1.66. The molecule has 3 aromatic heterocycles. The van der Waals surface area contributed by atoms with Crippen LogP contribution in [-0.4, -0.2) is 37.8 Å². The van der Waals surface area contributed by atoms with Crippen molar-refractivity contribution in [2.45, 2.75) is 26.9 Å². The zero-order chi connectivity index (χ0) is 26.7. The first kappa shape index (κ1) is 25.4. The van der Waals surface area contributed by atoms with Gasteiger partial charge in [-0.25, -0.2) is 14.8 Å². The average molecular weight is 512 g/mol. The van der Waals surface area contributed by atoms with E-state index >= 15 is 0 Å². The number of aromatic nitrogens is 5. The molecule has 0 atom stereocenters. The van der Waals surface area contributed by atoms with Crippen LogP contribution < -0.4 is 21.3 Å². The predicted octanol–water partition coefficient (Wildman–Crippen LogP) is 5.43. The second kappa shape index (κ2) is 10.1. The van der Waals surface area contributed by atoms with Gasteiger partial charge in [-0.05, 0) is 44.5 Å². The number of alkyl halides is 3. The van der Waals surface area contributed by atoms with Gasteiger partial charge in [-0.1, -0.05) is 6.07 Å². The number of nitrogens with one attached hydrogen (secondary N) is 4. The van der Waals surface area contributed by atoms with Gasteiger partial charge in [0.25, 0.3) is 0 Å². The molecule has 0 unspecified atom stereocenters. The molecule has 4 N–H and O–H groups in total. The van der Waals surface area contributed by atoms with Gasteiger partial charge in [-0.2, -0.15) is 23.0 Å². The molecule has 4 aromatic rings. The van der Waals surface area contributed by atoms with Crippen LogP contribution in [-0.2, 0) is 6.18 Å². The van der Waals surface area contributed by atoms with Crippen molar-refractivity contribution in [3.8, 4) is 5.82 Å². The van der Waals surface area contributed by atoms with Crippen molar-refractivity contribution >= 4 is 34.7 Å². The van der Waals surface area contributed by atoms with Gasteiger partial charge < -0.3 is 21.3 Å². The zero-order valence-electron chi connectivity index (χ0n) is 20.4. The third-order valence-electron chi connectivity index (χ3n) is 5.37. The first-order chi connectivity index (χ1) is 17.5. The fourth-order valence-electron chi connectivity index (χ4n) is 3.53. The normalized spacial score (nSPS) is 11.2. The second-order valence-electron chi connectivity index (χ2n) is 8.18. The predicted molar refractivity (Wildman–Crippen MR) is 135 cm³/mol. The number of amides is 2. The highest BCUT2D eigenvalue weighted by atomic mass is 19.4. The van der Waals surface area contributed by atoms with E-state index in [1.807, 2.05) is 13.0 Å². The molecular formula is C24H24F3N9O.